The maximum absolute atomic E-state index is 13.2. The SMILES string of the molecule is O=C(CC1CCCC1)N1C[C@@H](c2cccc(O)c2)[C@@H]2[C@H]1C1CCN2CC1. The fraction of sp³-hybridized carbons (Fsp3) is 0.682. The van der Waals surface area contributed by atoms with Crippen molar-refractivity contribution in [3.8, 4) is 5.75 Å². The molecule has 0 radical (unpaired) electrons. The van der Waals surface area contributed by atoms with Crippen LogP contribution in [0.15, 0.2) is 24.3 Å². The Bertz CT molecular complexity index is 676. The predicted octanol–water partition coefficient (Wildman–Crippen LogP) is 3.36. The molecule has 6 rings (SSSR count). The van der Waals surface area contributed by atoms with Crippen LogP contribution in [0.1, 0.15) is 56.4 Å². The number of nitrogens with zero attached hydrogens (tertiary/aromatic N) is 2. The number of rotatable bonds is 3. The second-order valence-electron chi connectivity index (χ2n) is 8.96. The minimum absolute atomic E-state index is 0.336. The predicted molar refractivity (Wildman–Crippen MR) is 101 cm³/mol. The molecule has 1 aromatic rings. The van der Waals surface area contributed by atoms with Crippen LogP contribution in [-0.2, 0) is 4.79 Å². The lowest BCUT2D eigenvalue weighted by atomic mass is 9.75. The van der Waals surface area contributed by atoms with Gasteiger partial charge in [-0.1, -0.05) is 25.0 Å². The highest BCUT2D eigenvalue weighted by Crippen LogP contribution is 2.47. The smallest absolute Gasteiger partial charge is 0.223 e. The average molecular weight is 354 g/mol. The van der Waals surface area contributed by atoms with E-state index in [0.717, 1.165) is 13.0 Å². The zero-order chi connectivity index (χ0) is 17.7. The van der Waals surface area contributed by atoms with E-state index in [4.69, 9.17) is 0 Å². The number of phenolic OH excluding ortho intramolecular Hbond substituents is 1. The van der Waals surface area contributed by atoms with Gasteiger partial charge in [-0.15, -0.1) is 0 Å². The molecule has 5 fully saturated rings. The van der Waals surface area contributed by atoms with Crippen LogP contribution in [0.4, 0.5) is 0 Å². The van der Waals surface area contributed by atoms with Crippen molar-refractivity contribution in [1.82, 2.24) is 9.80 Å². The Morgan fingerprint density at radius 2 is 1.85 bits per heavy atom. The van der Waals surface area contributed by atoms with E-state index >= 15 is 0 Å². The molecule has 5 aliphatic rings. The normalized spacial score (nSPS) is 36.5. The van der Waals surface area contributed by atoms with E-state index in [2.05, 4.69) is 15.9 Å². The highest BCUT2D eigenvalue weighted by molar-refractivity contribution is 5.77. The number of piperidine rings is 3. The third kappa shape index (κ3) is 2.74. The molecular formula is C22H30N2O2. The number of likely N-dealkylation sites (tertiary alicyclic amines) is 1. The largest absolute Gasteiger partial charge is 0.508 e. The van der Waals surface area contributed by atoms with Gasteiger partial charge in [0.2, 0.25) is 5.91 Å². The van der Waals surface area contributed by atoms with Crippen LogP contribution in [0, 0.1) is 11.8 Å². The number of hydrogen-bond donors (Lipinski definition) is 1. The Labute approximate surface area is 156 Å². The van der Waals surface area contributed by atoms with Gasteiger partial charge in [-0.3, -0.25) is 9.69 Å². The maximum atomic E-state index is 13.2. The molecule has 0 spiro atoms. The summed E-state index contributed by atoms with van der Waals surface area (Å²) < 4.78 is 0. The molecule has 3 atom stereocenters. The topological polar surface area (TPSA) is 43.8 Å². The molecule has 1 saturated carbocycles. The molecule has 4 heterocycles. The third-order valence-electron chi connectivity index (χ3n) is 7.55. The van der Waals surface area contributed by atoms with Crippen LogP contribution in [0.25, 0.3) is 0 Å². The number of carbonyl (C=O) groups is 1. The van der Waals surface area contributed by atoms with Crippen LogP contribution in [0.5, 0.6) is 5.75 Å². The number of benzene rings is 1. The first kappa shape index (κ1) is 16.6. The minimum atomic E-state index is 0.336. The van der Waals surface area contributed by atoms with Crippen LogP contribution in [0.2, 0.25) is 0 Å². The van der Waals surface area contributed by atoms with Crippen molar-refractivity contribution in [3.63, 3.8) is 0 Å². The Morgan fingerprint density at radius 3 is 2.58 bits per heavy atom. The van der Waals surface area contributed by atoms with Gasteiger partial charge >= 0.3 is 0 Å². The van der Waals surface area contributed by atoms with Gasteiger partial charge in [-0.2, -0.15) is 0 Å². The average Bonchev–Trinajstić information content (AvgIpc) is 3.31. The third-order valence-corrected chi connectivity index (χ3v) is 7.55. The number of phenols is 1. The van der Waals surface area contributed by atoms with Gasteiger partial charge in [0.15, 0.2) is 0 Å². The van der Waals surface area contributed by atoms with Gasteiger partial charge in [0, 0.05) is 24.9 Å². The summed E-state index contributed by atoms with van der Waals surface area (Å²) in [6, 6.07) is 8.56. The molecule has 1 N–H and O–H groups in total. The van der Waals surface area contributed by atoms with Crippen molar-refractivity contribution in [2.24, 2.45) is 11.8 Å². The van der Waals surface area contributed by atoms with E-state index in [1.807, 2.05) is 12.1 Å². The van der Waals surface area contributed by atoms with E-state index < -0.39 is 0 Å². The van der Waals surface area contributed by atoms with Crippen LogP contribution in [0.3, 0.4) is 0 Å². The van der Waals surface area contributed by atoms with Crippen molar-refractivity contribution in [1.29, 1.82) is 0 Å². The molecule has 26 heavy (non-hydrogen) atoms. The second-order valence-corrected chi connectivity index (χ2v) is 8.96. The summed E-state index contributed by atoms with van der Waals surface area (Å²) in [7, 11) is 0. The lowest BCUT2D eigenvalue weighted by Crippen LogP contribution is -2.60. The zero-order valence-electron chi connectivity index (χ0n) is 15.5. The van der Waals surface area contributed by atoms with E-state index in [0.29, 0.717) is 41.5 Å². The fourth-order valence-corrected chi connectivity index (χ4v) is 6.33. The summed E-state index contributed by atoms with van der Waals surface area (Å²) in [6.07, 6.45) is 8.29. The Balaban J connectivity index is 1.43. The van der Waals surface area contributed by atoms with Crippen molar-refractivity contribution >= 4 is 5.91 Å². The van der Waals surface area contributed by atoms with Crippen molar-refractivity contribution < 1.29 is 9.90 Å². The van der Waals surface area contributed by atoms with E-state index in [-0.39, 0.29) is 0 Å². The van der Waals surface area contributed by atoms with Crippen molar-refractivity contribution in [2.75, 3.05) is 19.6 Å². The molecule has 4 nitrogen and oxygen atoms in total. The number of fused-ring (bicyclic) bond motifs is 2. The summed E-state index contributed by atoms with van der Waals surface area (Å²) in [6.45, 7) is 3.18. The first-order valence-electron chi connectivity index (χ1n) is 10.5. The van der Waals surface area contributed by atoms with E-state index in [9.17, 15) is 9.90 Å². The monoisotopic (exact) mass is 354 g/mol. The maximum Gasteiger partial charge on any atom is 0.223 e. The summed E-state index contributed by atoms with van der Waals surface area (Å²) in [5.41, 5.74) is 1.20. The quantitative estimate of drug-likeness (QED) is 0.905. The summed E-state index contributed by atoms with van der Waals surface area (Å²) in [4.78, 5) is 18.1. The number of amides is 1. The lowest BCUT2D eigenvalue weighted by Gasteiger charge is -2.51. The molecule has 4 aliphatic heterocycles. The van der Waals surface area contributed by atoms with Crippen LogP contribution >= 0.6 is 0 Å². The summed E-state index contributed by atoms with van der Waals surface area (Å²) >= 11 is 0. The lowest BCUT2D eigenvalue weighted by molar-refractivity contribution is -0.137. The molecule has 1 amide bonds. The first-order chi connectivity index (χ1) is 12.7. The molecule has 0 aromatic heterocycles. The fourth-order valence-electron chi connectivity index (χ4n) is 6.33. The van der Waals surface area contributed by atoms with Crippen molar-refractivity contribution in [2.45, 2.75) is 62.9 Å². The zero-order valence-corrected chi connectivity index (χ0v) is 15.5. The molecular weight excluding hydrogens is 324 g/mol. The van der Waals surface area contributed by atoms with Crippen LogP contribution in [-0.4, -0.2) is 52.5 Å². The van der Waals surface area contributed by atoms with Gasteiger partial charge in [0.05, 0.1) is 6.04 Å². The number of hydrogen-bond acceptors (Lipinski definition) is 3. The number of aromatic hydroxyl groups is 1. The summed E-state index contributed by atoms with van der Waals surface area (Å²) in [5, 5.41) is 9.97. The van der Waals surface area contributed by atoms with Gasteiger partial charge in [-0.05, 0) is 68.3 Å². The Kier molecular flexibility index (Phi) is 4.19. The highest BCUT2D eigenvalue weighted by atomic mass is 16.3. The van der Waals surface area contributed by atoms with E-state index in [1.165, 1.54) is 57.2 Å². The van der Waals surface area contributed by atoms with Gasteiger partial charge in [0.1, 0.15) is 5.75 Å². The highest BCUT2D eigenvalue weighted by Gasteiger charge is 2.54. The molecule has 2 bridgehead atoms. The molecule has 4 saturated heterocycles. The molecule has 4 heteroatoms. The summed E-state index contributed by atoms with van der Waals surface area (Å²) in [5.74, 6) is 2.35. The minimum Gasteiger partial charge on any atom is -0.508 e. The van der Waals surface area contributed by atoms with Crippen molar-refractivity contribution in [3.05, 3.63) is 29.8 Å². The van der Waals surface area contributed by atoms with Gasteiger partial charge in [0.25, 0.3) is 0 Å². The molecule has 140 valence electrons. The van der Waals surface area contributed by atoms with Gasteiger partial charge < -0.3 is 10.0 Å². The molecule has 0 unspecified atom stereocenters. The standard InChI is InChI=1S/C22H30N2O2/c25-18-7-3-6-17(13-18)19-14-24(20(26)12-15-4-1-2-5-15)21-16-8-10-23(11-9-16)22(19)21/h3,6-7,13,15-16,19,21-22,25H,1-2,4-5,8-12,14H2/t19-,21+,22+/m0/s1. The van der Waals surface area contributed by atoms with E-state index in [1.54, 1.807) is 6.07 Å². The second kappa shape index (κ2) is 6.56. The van der Waals surface area contributed by atoms with Crippen LogP contribution < -0.4 is 0 Å². The number of carbonyl (C=O) groups excluding carboxylic acids is 1. The molecule has 1 aromatic carbocycles. The first-order valence-corrected chi connectivity index (χ1v) is 10.5. The Morgan fingerprint density at radius 1 is 1.08 bits per heavy atom. The van der Waals surface area contributed by atoms with Gasteiger partial charge in [-0.25, -0.2) is 0 Å². The molecule has 1 aliphatic carbocycles. The Hall–Kier alpha value is -1.55.